The topological polar surface area (TPSA) is 9.23 Å². The molecule has 68 valence electrons. The van der Waals surface area contributed by atoms with Crippen LogP contribution in [0.1, 0.15) is 20.8 Å². The van der Waals surface area contributed by atoms with Crippen molar-refractivity contribution >= 4 is 0 Å². The van der Waals surface area contributed by atoms with Gasteiger partial charge in [-0.3, -0.25) is 0 Å². The largest absolute Gasteiger partial charge is 0.488 e. The van der Waals surface area contributed by atoms with Crippen molar-refractivity contribution in [3.05, 3.63) is 36.4 Å². The number of ether oxygens (including phenoxy) is 1. The van der Waals surface area contributed by atoms with Crippen molar-refractivity contribution < 1.29 is 9.13 Å². The average molecular weight is 170 g/mol. The molecule has 0 aromatic heterocycles. The SMILES string of the molecule is C=C/C(F)=C(\C=C/C)OC(C)C. The summed E-state index contributed by atoms with van der Waals surface area (Å²) in [7, 11) is 0. The third-order valence-electron chi connectivity index (χ3n) is 1.10. The number of rotatable bonds is 4. The van der Waals surface area contributed by atoms with E-state index in [9.17, 15) is 4.39 Å². The molecule has 0 heterocycles. The van der Waals surface area contributed by atoms with Crippen LogP contribution >= 0.6 is 0 Å². The fourth-order valence-electron chi connectivity index (χ4n) is 0.681. The first-order valence-electron chi connectivity index (χ1n) is 3.93. The normalized spacial score (nSPS) is 13.4. The number of hydrogen-bond acceptors (Lipinski definition) is 1. The molecule has 1 nitrogen and oxygen atoms in total. The van der Waals surface area contributed by atoms with Crippen molar-refractivity contribution in [2.24, 2.45) is 0 Å². The van der Waals surface area contributed by atoms with Gasteiger partial charge in [-0.25, -0.2) is 4.39 Å². The molecule has 0 bridgehead atoms. The van der Waals surface area contributed by atoms with Crippen molar-refractivity contribution in [1.82, 2.24) is 0 Å². The molecule has 0 atom stereocenters. The van der Waals surface area contributed by atoms with Crippen molar-refractivity contribution in [2.75, 3.05) is 0 Å². The van der Waals surface area contributed by atoms with E-state index in [-0.39, 0.29) is 11.9 Å². The van der Waals surface area contributed by atoms with Gasteiger partial charge >= 0.3 is 0 Å². The van der Waals surface area contributed by atoms with Crippen molar-refractivity contribution in [2.45, 2.75) is 26.9 Å². The quantitative estimate of drug-likeness (QED) is 0.464. The fourth-order valence-corrected chi connectivity index (χ4v) is 0.681. The summed E-state index contributed by atoms with van der Waals surface area (Å²) in [6.45, 7) is 8.82. The predicted molar refractivity (Wildman–Crippen MR) is 49.4 cm³/mol. The smallest absolute Gasteiger partial charge is 0.164 e. The Kier molecular flexibility index (Phi) is 5.09. The number of hydrogen-bond donors (Lipinski definition) is 0. The first-order chi connectivity index (χ1) is 5.61. The monoisotopic (exact) mass is 170 g/mol. The van der Waals surface area contributed by atoms with Crippen molar-refractivity contribution in [1.29, 1.82) is 0 Å². The van der Waals surface area contributed by atoms with E-state index in [1.165, 1.54) is 0 Å². The minimum absolute atomic E-state index is 0.0260. The first-order valence-corrected chi connectivity index (χ1v) is 3.93. The molecule has 0 saturated carbocycles. The van der Waals surface area contributed by atoms with E-state index in [4.69, 9.17) is 4.74 Å². The molecular formula is C10H15FO. The van der Waals surface area contributed by atoms with E-state index in [0.29, 0.717) is 0 Å². The second-order valence-corrected chi connectivity index (χ2v) is 2.58. The Labute approximate surface area is 73.2 Å². The van der Waals surface area contributed by atoms with Crippen LogP contribution in [0.3, 0.4) is 0 Å². The lowest BCUT2D eigenvalue weighted by Crippen LogP contribution is -2.01. The zero-order chi connectivity index (χ0) is 9.56. The lowest BCUT2D eigenvalue weighted by atomic mass is 10.3. The van der Waals surface area contributed by atoms with Gasteiger partial charge in [0, 0.05) is 0 Å². The van der Waals surface area contributed by atoms with E-state index in [1.54, 1.807) is 19.1 Å². The Morgan fingerprint density at radius 3 is 2.42 bits per heavy atom. The summed E-state index contributed by atoms with van der Waals surface area (Å²) in [5, 5.41) is 0. The van der Waals surface area contributed by atoms with Gasteiger partial charge in [-0.2, -0.15) is 0 Å². The van der Waals surface area contributed by atoms with Crippen LogP contribution in [0, 0.1) is 0 Å². The Hall–Kier alpha value is -1.05. The highest BCUT2D eigenvalue weighted by molar-refractivity contribution is 5.22. The molecule has 0 aromatic rings. The fraction of sp³-hybridized carbons (Fsp3) is 0.400. The highest BCUT2D eigenvalue weighted by Gasteiger charge is 2.02. The van der Waals surface area contributed by atoms with Gasteiger partial charge in [0.1, 0.15) is 0 Å². The van der Waals surface area contributed by atoms with Gasteiger partial charge < -0.3 is 4.74 Å². The van der Waals surface area contributed by atoms with E-state index >= 15 is 0 Å². The molecule has 2 heteroatoms. The molecule has 0 fully saturated rings. The summed E-state index contributed by atoms with van der Waals surface area (Å²) >= 11 is 0. The zero-order valence-corrected chi connectivity index (χ0v) is 7.80. The van der Waals surface area contributed by atoms with Crippen molar-refractivity contribution in [3.8, 4) is 0 Å². The third kappa shape index (κ3) is 3.96. The van der Waals surface area contributed by atoms with Gasteiger partial charge in [-0.05, 0) is 32.9 Å². The molecule has 12 heavy (non-hydrogen) atoms. The molecule has 0 amide bonds. The molecule has 0 aromatic carbocycles. The van der Waals surface area contributed by atoms with Crippen LogP contribution < -0.4 is 0 Å². The second-order valence-electron chi connectivity index (χ2n) is 2.58. The van der Waals surface area contributed by atoms with Crippen molar-refractivity contribution in [3.63, 3.8) is 0 Å². The first kappa shape index (κ1) is 11.0. The lowest BCUT2D eigenvalue weighted by Gasteiger charge is -2.10. The minimum atomic E-state index is -0.429. The van der Waals surface area contributed by atoms with E-state index in [1.807, 2.05) is 13.8 Å². The summed E-state index contributed by atoms with van der Waals surface area (Å²) in [4.78, 5) is 0. The summed E-state index contributed by atoms with van der Waals surface area (Å²) < 4.78 is 18.1. The molecule has 0 spiro atoms. The highest BCUT2D eigenvalue weighted by Crippen LogP contribution is 2.12. The Morgan fingerprint density at radius 2 is 2.08 bits per heavy atom. The van der Waals surface area contributed by atoms with Gasteiger partial charge in [-0.1, -0.05) is 12.7 Å². The molecule has 0 unspecified atom stereocenters. The summed E-state index contributed by atoms with van der Waals surface area (Å²) in [5.41, 5.74) is 0. The van der Waals surface area contributed by atoms with Crippen LogP contribution in [0.2, 0.25) is 0 Å². The zero-order valence-electron chi connectivity index (χ0n) is 7.80. The van der Waals surface area contributed by atoms with Gasteiger partial charge in [0.25, 0.3) is 0 Å². The Morgan fingerprint density at radius 1 is 1.50 bits per heavy atom. The maximum absolute atomic E-state index is 12.9. The molecule has 0 N–H and O–H groups in total. The molecule has 0 aliphatic rings. The lowest BCUT2D eigenvalue weighted by molar-refractivity contribution is 0.151. The van der Waals surface area contributed by atoms with Crippen LogP contribution in [-0.4, -0.2) is 6.10 Å². The van der Waals surface area contributed by atoms with Crippen LogP contribution in [0.15, 0.2) is 36.4 Å². The van der Waals surface area contributed by atoms with Gasteiger partial charge in [0.15, 0.2) is 11.6 Å². The summed E-state index contributed by atoms with van der Waals surface area (Å²) in [6, 6.07) is 0. The maximum Gasteiger partial charge on any atom is 0.164 e. The van der Waals surface area contributed by atoms with E-state index < -0.39 is 5.83 Å². The minimum Gasteiger partial charge on any atom is -0.488 e. The molecular weight excluding hydrogens is 155 g/mol. The summed E-state index contributed by atoms with van der Waals surface area (Å²) in [5.74, 6) is -0.190. The van der Waals surface area contributed by atoms with Crippen LogP contribution in [0.4, 0.5) is 4.39 Å². The molecule has 0 rings (SSSR count). The average Bonchev–Trinajstić information content (AvgIpc) is 2.01. The standard InChI is InChI=1S/C10H15FO/c1-5-7-10(9(11)6-2)12-8(3)4/h5-8H,2H2,1,3-4H3/b7-5-,10-9-. The van der Waals surface area contributed by atoms with Gasteiger partial charge in [0.05, 0.1) is 6.10 Å². The van der Waals surface area contributed by atoms with Gasteiger partial charge in [0.2, 0.25) is 0 Å². The van der Waals surface area contributed by atoms with E-state index in [0.717, 1.165) is 6.08 Å². The van der Waals surface area contributed by atoms with Crippen LogP contribution in [0.5, 0.6) is 0 Å². The molecule has 0 aliphatic carbocycles. The van der Waals surface area contributed by atoms with E-state index in [2.05, 4.69) is 6.58 Å². The maximum atomic E-state index is 12.9. The highest BCUT2D eigenvalue weighted by atomic mass is 19.1. The second kappa shape index (κ2) is 5.58. The third-order valence-corrected chi connectivity index (χ3v) is 1.10. The Balaban J connectivity index is 4.53. The number of halogens is 1. The predicted octanol–water partition coefficient (Wildman–Crippen LogP) is 3.35. The molecule has 0 saturated heterocycles. The van der Waals surface area contributed by atoms with Crippen LogP contribution in [0.25, 0.3) is 0 Å². The Bertz CT molecular complexity index is 202. The van der Waals surface area contributed by atoms with Crippen LogP contribution in [-0.2, 0) is 4.74 Å². The van der Waals surface area contributed by atoms with Gasteiger partial charge in [-0.15, -0.1) is 0 Å². The molecule has 0 radical (unpaired) electrons. The molecule has 0 aliphatic heterocycles. The number of allylic oxidation sites excluding steroid dienone is 4. The summed E-state index contributed by atoms with van der Waals surface area (Å²) in [6.07, 6.45) is 4.41.